The maximum atomic E-state index is 12.6. The molecule has 124 valence electrons. The summed E-state index contributed by atoms with van der Waals surface area (Å²) >= 11 is 0. The quantitative estimate of drug-likeness (QED) is 0.879. The van der Waals surface area contributed by atoms with Crippen molar-refractivity contribution < 1.29 is 31.1 Å². The first-order chi connectivity index (χ1) is 10.0. The fourth-order valence-corrected chi connectivity index (χ4v) is 2.24. The van der Waals surface area contributed by atoms with E-state index in [2.05, 4.69) is 5.32 Å². The summed E-state index contributed by atoms with van der Waals surface area (Å²) in [5.41, 5.74) is -5.43. The van der Waals surface area contributed by atoms with Crippen molar-refractivity contribution in [3.63, 3.8) is 0 Å². The third-order valence-corrected chi connectivity index (χ3v) is 4.20. The molecule has 0 aliphatic carbocycles. The van der Waals surface area contributed by atoms with Crippen LogP contribution in [0.3, 0.4) is 0 Å². The van der Waals surface area contributed by atoms with E-state index in [1.165, 1.54) is 26.1 Å². The van der Waals surface area contributed by atoms with Gasteiger partial charge in [-0.15, -0.1) is 0 Å². The number of hydrogen-bond donors (Lipinski definition) is 1. The SMILES string of the molecule is COc1ccc(S(=O)(=O)C(F)(F)F)cc1NCC(=O)N(C)C. The monoisotopic (exact) mass is 340 g/mol. The van der Waals surface area contributed by atoms with Crippen LogP contribution in [0.1, 0.15) is 0 Å². The van der Waals surface area contributed by atoms with Crippen molar-refractivity contribution in [1.29, 1.82) is 0 Å². The van der Waals surface area contributed by atoms with Crippen molar-refractivity contribution in [3.05, 3.63) is 18.2 Å². The average molecular weight is 340 g/mol. The predicted octanol–water partition coefficient (Wildman–Crippen LogP) is 1.49. The minimum absolute atomic E-state index is 0.0250. The summed E-state index contributed by atoms with van der Waals surface area (Å²) in [4.78, 5) is 11.8. The summed E-state index contributed by atoms with van der Waals surface area (Å²) in [5.74, 6) is -0.223. The molecule has 0 heterocycles. The Labute approximate surface area is 125 Å². The summed E-state index contributed by atoms with van der Waals surface area (Å²) in [6.07, 6.45) is 0. The van der Waals surface area contributed by atoms with Gasteiger partial charge in [-0.05, 0) is 18.2 Å². The summed E-state index contributed by atoms with van der Waals surface area (Å²) in [6, 6.07) is 2.66. The fourth-order valence-electron chi connectivity index (χ4n) is 1.45. The number of benzene rings is 1. The Morgan fingerprint density at radius 2 is 1.91 bits per heavy atom. The number of methoxy groups -OCH3 is 1. The van der Waals surface area contributed by atoms with Crippen LogP contribution < -0.4 is 10.1 Å². The van der Waals surface area contributed by atoms with Crippen molar-refractivity contribution >= 4 is 21.4 Å². The van der Waals surface area contributed by atoms with Crippen molar-refractivity contribution in [1.82, 2.24) is 4.90 Å². The van der Waals surface area contributed by atoms with Gasteiger partial charge in [0.1, 0.15) is 5.75 Å². The molecule has 22 heavy (non-hydrogen) atoms. The van der Waals surface area contributed by atoms with Crippen LogP contribution in [0.2, 0.25) is 0 Å². The Hall–Kier alpha value is -1.97. The second kappa shape index (κ2) is 6.42. The number of hydrogen-bond acceptors (Lipinski definition) is 5. The maximum absolute atomic E-state index is 12.6. The number of nitrogens with zero attached hydrogens (tertiary/aromatic N) is 1. The van der Waals surface area contributed by atoms with E-state index in [1.54, 1.807) is 0 Å². The molecule has 0 aliphatic heterocycles. The fraction of sp³-hybridized carbons (Fsp3) is 0.417. The zero-order valence-electron chi connectivity index (χ0n) is 12.1. The summed E-state index contributed by atoms with van der Waals surface area (Å²) in [5, 5.41) is 2.56. The highest BCUT2D eigenvalue weighted by Gasteiger charge is 2.47. The molecule has 0 fully saturated rings. The molecule has 0 bridgehead atoms. The lowest BCUT2D eigenvalue weighted by atomic mass is 10.3. The minimum atomic E-state index is -5.47. The number of nitrogens with one attached hydrogen (secondary N) is 1. The van der Waals surface area contributed by atoms with E-state index in [0.29, 0.717) is 0 Å². The molecule has 1 aromatic rings. The molecule has 10 heteroatoms. The van der Waals surface area contributed by atoms with Crippen molar-refractivity contribution in [2.75, 3.05) is 33.1 Å². The molecule has 0 spiro atoms. The van der Waals surface area contributed by atoms with E-state index in [0.717, 1.165) is 18.2 Å². The molecule has 0 saturated carbocycles. The standard InChI is InChI=1S/C12H15F3N2O4S/c1-17(2)11(18)7-16-9-6-8(4-5-10(9)21-3)22(19,20)12(13,14)15/h4-6,16H,7H2,1-3H3. The Kier molecular flexibility index (Phi) is 5.28. The normalized spacial score (nSPS) is 11.9. The van der Waals surface area contributed by atoms with Crippen LogP contribution in [-0.4, -0.2) is 52.5 Å². The van der Waals surface area contributed by atoms with Gasteiger partial charge in [0.25, 0.3) is 9.84 Å². The Bertz CT molecular complexity index is 657. The number of likely N-dealkylation sites (N-methyl/N-ethyl adjacent to an activating group) is 1. The summed E-state index contributed by atoms with van der Waals surface area (Å²) in [7, 11) is -1.19. The van der Waals surface area contributed by atoms with Gasteiger partial charge >= 0.3 is 5.51 Å². The van der Waals surface area contributed by atoms with E-state index in [1.807, 2.05) is 0 Å². The molecule has 0 aromatic heterocycles. The average Bonchev–Trinajstić information content (AvgIpc) is 2.42. The number of anilines is 1. The Balaban J connectivity index is 3.17. The van der Waals surface area contributed by atoms with Gasteiger partial charge in [0.05, 0.1) is 24.2 Å². The highest BCUT2D eigenvalue weighted by molar-refractivity contribution is 7.92. The maximum Gasteiger partial charge on any atom is 0.501 e. The Morgan fingerprint density at radius 3 is 2.36 bits per heavy atom. The zero-order chi connectivity index (χ0) is 17.1. The number of alkyl halides is 3. The molecule has 6 nitrogen and oxygen atoms in total. The first kappa shape index (κ1) is 18.1. The molecule has 0 atom stereocenters. The van der Waals surface area contributed by atoms with E-state index >= 15 is 0 Å². The molecule has 0 aliphatic rings. The van der Waals surface area contributed by atoms with Crippen LogP contribution >= 0.6 is 0 Å². The molecular weight excluding hydrogens is 325 g/mol. The lowest BCUT2D eigenvalue weighted by Crippen LogP contribution is -2.29. The van der Waals surface area contributed by atoms with E-state index in [-0.39, 0.29) is 23.9 Å². The molecule has 1 rings (SSSR count). The van der Waals surface area contributed by atoms with E-state index in [9.17, 15) is 26.4 Å². The highest BCUT2D eigenvalue weighted by Crippen LogP contribution is 2.34. The zero-order valence-corrected chi connectivity index (χ0v) is 12.9. The molecule has 1 N–H and O–H groups in total. The molecule has 0 saturated heterocycles. The number of rotatable bonds is 5. The molecular formula is C12H15F3N2O4S. The summed E-state index contributed by atoms with van der Waals surface area (Å²) < 4.78 is 65.4. The smallest absolute Gasteiger partial charge is 0.495 e. The second-order valence-corrected chi connectivity index (χ2v) is 6.39. The van der Waals surface area contributed by atoms with Crippen LogP contribution in [0.4, 0.5) is 18.9 Å². The van der Waals surface area contributed by atoms with Crippen LogP contribution in [-0.2, 0) is 14.6 Å². The van der Waals surface area contributed by atoms with Gasteiger partial charge in [-0.25, -0.2) is 8.42 Å². The van der Waals surface area contributed by atoms with Gasteiger partial charge in [-0.1, -0.05) is 0 Å². The summed E-state index contributed by atoms with van der Waals surface area (Å²) in [6.45, 7) is -0.223. The van der Waals surface area contributed by atoms with E-state index in [4.69, 9.17) is 4.74 Å². The van der Waals surface area contributed by atoms with Gasteiger partial charge < -0.3 is 15.0 Å². The lowest BCUT2D eigenvalue weighted by Gasteiger charge is -2.15. The lowest BCUT2D eigenvalue weighted by molar-refractivity contribution is -0.126. The van der Waals surface area contributed by atoms with Gasteiger partial charge in [-0.3, -0.25) is 4.79 Å². The third kappa shape index (κ3) is 3.81. The van der Waals surface area contributed by atoms with Crippen molar-refractivity contribution in [2.45, 2.75) is 10.4 Å². The number of amides is 1. The number of ether oxygens (including phenoxy) is 1. The van der Waals surface area contributed by atoms with Crippen molar-refractivity contribution in [3.8, 4) is 5.75 Å². The van der Waals surface area contributed by atoms with Crippen LogP contribution in [0.25, 0.3) is 0 Å². The highest BCUT2D eigenvalue weighted by atomic mass is 32.2. The predicted molar refractivity (Wildman–Crippen MR) is 73.4 cm³/mol. The number of sulfone groups is 1. The second-order valence-electron chi connectivity index (χ2n) is 4.45. The first-order valence-electron chi connectivity index (χ1n) is 5.94. The largest absolute Gasteiger partial charge is 0.501 e. The first-order valence-corrected chi connectivity index (χ1v) is 7.42. The van der Waals surface area contributed by atoms with Gasteiger partial charge in [0.2, 0.25) is 5.91 Å². The van der Waals surface area contributed by atoms with Crippen LogP contribution in [0, 0.1) is 0 Å². The minimum Gasteiger partial charge on any atom is -0.495 e. The Morgan fingerprint density at radius 1 is 1.32 bits per heavy atom. The number of carbonyl (C=O) groups excluding carboxylic acids is 1. The molecule has 0 radical (unpaired) electrons. The van der Waals surface area contributed by atoms with E-state index < -0.39 is 20.2 Å². The van der Waals surface area contributed by atoms with Crippen molar-refractivity contribution in [2.24, 2.45) is 0 Å². The van der Waals surface area contributed by atoms with Gasteiger partial charge in [0, 0.05) is 14.1 Å². The molecule has 0 unspecified atom stereocenters. The third-order valence-electron chi connectivity index (χ3n) is 2.71. The number of carbonyl (C=O) groups is 1. The number of halogens is 3. The van der Waals surface area contributed by atoms with Gasteiger partial charge in [-0.2, -0.15) is 13.2 Å². The van der Waals surface area contributed by atoms with Crippen LogP contribution in [0.15, 0.2) is 23.1 Å². The van der Waals surface area contributed by atoms with Gasteiger partial charge in [0.15, 0.2) is 0 Å². The molecule has 1 aromatic carbocycles. The topological polar surface area (TPSA) is 75.7 Å². The van der Waals surface area contributed by atoms with Crippen LogP contribution in [0.5, 0.6) is 5.75 Å². The molecule has 1 amide bonds.